The van der Waals surface area contributed by atoms with Gasteiger partial charge in [-0.15, -0.1) is 0 Å². The summed E-state index contributed by atoms with van der Waals surface area (Å²) in [6.07, 6.45) is 3.15. The molecule has 0 fully saturated rings. The Labute approximate surface area is 118 Å². The van der Waals surface area contributed by atoms with Crippen LogP contribution >= 0.6 is 0 Å². The zero-order chi connectivity index (χ0) is 14.8. The molecule has 0 saturated carbocycles. The molecule has 5 nitrogen and oxygen atoms in total. The number of nitrogens with zero attached hydrogens (tertiary/aromatic N) is 2. The number of carbonyl (C=O) groups is 1. The van der Waals surface area contributed by atoms with Crippen LogP contribution in [0.25, 0.3) is 0 Å². The minimum atomic E-state index is -0.128. The fourth-order valence-electron chi connectivity index (χ4n) is 1.87. The summed E-state index contributed by atoms with van der Waals surface area (Å²) in [5.41, 5.74) is 8.22. The van der Waals surface area contributed by atoms with E-state index in [4.69, 9.17) is 5.73 Å². The second-order valence-corrected chi connectivity index (χ2v) is 5.85. The molecule has 3 N–H and O–H groups in total. The summed E-state index contributed by atoms with van der Waals surface area (Å²) in [4.78, 5) is 11.9. The summed E-state index contributed by atoms with van der Waals surface area (Å²) in [5.74, 6) is -0.128. The van der Waals surface area contributed by atoms with Crippen LogP contribution in [-0.4, -0.2) is 15.7 Å². The third-order valence-corrected chi connectivity index (χ3v) is 2.99. The first-order valence-electron chi connectivity index (χ1n) is 6.53. The summed E-state index contributed by atoms with van der Waals surface area (Å²) in [7, 11) is 0. The molecule has 1 heterocycles. The van der Waals surface area contributed by atoms with Gasteiger partial charge in [0.05, 0.1) is 11.9 Å². The predicted molar refractivity (Wildman–Crippen MR) is 80.4 cm³/mol. The Hall–Kier alpha value is -2.30. The maximum Gasteiger partial charge on any atom is 0.246 e. The van der Waals surface area contributed by atoms with Gasteiger partial charge in [0.2, 0.25) is 5.91 Å². The molecular formula is C15H20N4O. The zero-order valence-electron chi connectivity index (χ0n) is 12.1. The van der Waals surface area contributed by atoms with Gasteiger partial charge in [-0.05, 0) is 23.1 Å². The maximum absolute atomic E-state index is 11.9. The molecule has 0 saturated heterocycles. The van der Waals surface area contributed by atoms with Gasteiger partial charge >= 0.3 is 0 Å². The predicted octanol–water partition coefficient (Wildman–Crippen LogP) is 2.40. The first kappa shape index (κ1) is 14.1. The van der Waals surface area contributed by atoms with E-state index < -0.39 is 0 Å². The third-order valence-electron chi connectivity index (χ3n) is 2.99. The van der Waals surface area contributed by atoms with E-state index in [0.29, 0.717) is 5.69 Å². The normalized spacial score (nSPS) is 11.3. The van der Waals surface area contributed by atoms with Crippen molar-refractivity contribution in [2.75, 3.05) is 11.1 Å². The van der Waals surface area contributed by atoms with E-state index in [9.17, 15) is 4.79 Å². The number of nitrogens with one attached hydrogen (secondary N) is 1. The van der Waals surface area contributed by atoms with Gasteiger partial charge in [-0.25, -0.2) is 0 Å². The fourth-order valence-corrected chi connectivity index (χ4v) is 1.87. The van der Waals surface area contributed by atoms with Gasteiger partial charge < -0.3 is 11.1 Å². The number of rotatable bonds is 3. The molecular weight excluding hydrogens is 252 g/mol. The molecule has 20 heavy (non-hydrogen) atoms. The summed E-state index contributed by atoms with van der Waals surface area (Å²) in [5, 5.41) is 6.81. The molecule has 0 aliphatic heterocycles. The standard InChI is InChI=1S/C15H20N4O/c1-15(2,3)11-4-6-13(7-5-11)18-14(20)10-19-9-12(16)8-17-19/h4-9H,10,16H2,1-3H3,(H,18,20). The smallest absolute Gasteiger partial charge is 0.246 e. The van der Waals surface area contributed by atoms with Crippen molar-refractivity contribution in [2.24, 2.45) is 0 Å². The van der Waals surface area contributed by atoms with Crippen LogP contribution in [0.2, 0.25) is 0 Å². The Kier molecular flexibility index (Phi) is 3.79. The zero-order valence-corrected chi connectivity index (χ0v) is 12.1. The van der Waals surface area contributed by atoms with Gasteiger partial charge in [-0.3, -0.25) is 9.48 Å². The minimum Gasteiger partial charge on any atom is -0.396 e. The number of aromatic nitrogens is 2. The molecule has 106 valence electrons. The Morgan fingerprint density at radius 2 is 1.95 bits per heavy atom. The van der Waals surface area contributed by atoms with Crippen LogP contribution < -0.4 is 11.1 Å². The first-order chi connectivity index (χ1) is 9.34. The number of hydrogen-bond donors (Lipinski definition) is 2. The first-order valence-corrected chi connectivity index (χ1v) is 6.53. The van der Waals surface area contributed by atoms with Gasteiger partial charge in [0.15, 0.2) is 0 Å². The number of benzene rings is 1. The molecule has 0 spiro atoms. The molecule has 0 radical (unpaired) electrons. The lowest BCUT2D eigenvalue weighted by molar-refractivity contribution is -0.116. The van der Waals surface area contributed by atoms with Crippen molar-refractivity contribution in [3.63, 3.8) is 0 Å². The Morgan fingerprint density at radius 3 is 2.45 bits per heavy atom. The summed E-state index contributed by atoms with van der Waals surface area (Å²) in [6, 6.07) is 7.88. The Balaban J connectivity index is 1.98. The van der Waals surface area contributed by atoms with E-state index in [1.165, 1.54) is 16.4 Å². The molecule has 5 heteroatoms. The van der Waals surface area contributed by atoms with Crippen LogP contribution in [0.4, 0.5) is 11.4 Å². The number of hydrogen-bond acceptors (Lipinski definition) is 3. The van der Waals surface area contributed by atoms with E-state index in [0.717, 1.165) is 5.69 Å². The van der Waals surface area contributed by atoms with E-state index in [2.05, 4.69) is 31.2 Å². The molecule has 0 aliphatic carbocycles. The van der Waals surface area contributed by atoms with Gasteiger partial charge in [-0.1, -0.05) is 32.9 Å². The van der Waals surface area contributed by atoms with Crippen LogP contribution in [0.3, 0.4) is 0 Å². The SMILES string of the molecule is CC(C)(C)c1ccc(NC(=O)Cn2cc(N)cn2)cc1. The molecule has 0 unspecified atom stereocenters. The highest BCUT2D eigenvalue weighted by atomic mass is 16.2. The number of anilines is 2. The van der Waals surface area contributed by atoms with E-state index in [1.54, 1.807) is 6.20 Å². The largest absolute Gasteiger partial charge is 0.396 e. The lowest BCUT2D eigenvalue weighted by atomic mass is 9.87. The van der Waals surface area contributed by atoms with Crippen molar-refractivity contribution >= 4 is 17.3 Å². The second kappa shape index (κ2) is 5.36. The monoisotopic (exact) mass is 272 g/mol. The van der Waals surface area contributed by atoms with E-state index in [-0.39, 0.29) is 17.9 Å². The quantitative estimate of drug-likeness (QED) is 0.901. The fraction of sp³-hybridized carbons (Fsp3) is 0.333. The number of nitrogens with two attached hydrogens (primary N) is 1. The molecule has 2 rings (SSSR count). The van der Waals surface area contributed by atoms with Crippen molar-refractivity contribution in [3.8, 4) is 0 Å². The molecule has 0 atom stereocenters. The van der Waals surface area contributed by atoms with Crippen molar-refractivity contribution in [1.29, 1.82) is 0 Å². The van der Waals surface area contributed by atoms with Gasteiger partial charge in [0.25, 0.3) is 0 Å². The van der Waals surface area contributed by atoms with Crippen molar-refractivity contribution in [1.82, 2.24) is 9.78 Å². The maximum atomic E-state index is 11.9. The Bertz CT molecular complexity index is 593. The van der Waals surface area contributed by atoms with Crippen molar-refractivity contribution in [2.45, 2.75) is 32.7 Å². The van der Waals surface area contributed by atoms with Gasteiger partial charge in [0.1, 0.15) is 6.54 Å². The third kappa shape index (κ3) is 3.60. The number of nitrogen functional groups attached to an aromatic ring is 1. The summed E-state index contributed by atoms with van der Waals surface area (Å²) in [6.45, 7) is 6.62. The molecule has 1 aromatic heterocycles. The van der Waals surface area contributed by atoms with Crippen LogP contribution in [0.1, 0.15) is 26.3 Å². The highest BCUT2D eigenvalue weighted by Gasteiger charge is 2.13. The topological polar surface area (TPSA) is 72.9 Å². The number of carbonyl (C=O) groups excluding carboxylic acids is 1. The summed E-state index contributed by atoms with van der Waals surface area (Å²) >= 11 is 0. The average Bonchev–Trinajstić information content (AvgIpc) is 2.74. The molecule has 1 amide bonds. The highest BCUT2D eigenvalue weighted by Crippen LogP contribution is 2.23. The molecule has 1 aromatic carbocycles. The lowest BCUT2D eigenvalue weighted by Crippen LogP contribution is -2.19. The Morgan fingerprint density at radius 1 is 1.30 bits per heavy atom. The highest BCUT2D eigenvalue weighted by molar-refractivity contribution is 5.90. The van der Waals surface area contributed by atoms with Crippen molar-refractivity contribution in [3.05, 3.63) is 42.2 Å². The summed E-state index contributed by atoms with van der Waals surface area (Å²) < 4.78 is 1.51. The number of amides is 1. The van der Waals surface area contributed by atoms with Gasteiger partial charge in [-0.2, -0.15) is 5.10 Å². The average molecular weight is 272 g/mol. The van der Waals surface area contributed by atoms with Crippen molar-refractivity contribution < 1.29 is 4.79 Å². The lowest BCUT2D eigenvalue weighted by Gasteiger charge is -2.19. The van der Waals surface area contributed by atoms with Crippen LogP contribution in [-0.2, 0) is 16.8 Å². The second-order valence-electron chi connectivity index (χ2n) is 5.85. The molecule has 0 bridgehead atoms. The molecule has 2 aromatic rings. The van der Waals surface area contributed by atoms with Crippen LogP contribution in [0.5, 0.6) is 0 Å². The van der Waals surface area contributed by atoms with Crippen LogP contribution in [0.15, 0.2) is 36.7 Å². The minimum absolute atomic E-state index is 0.106. The van der Waals surface area contributed by atoms with Gasteiger partial charge in [0, 0.05) is 11.9 Å². The van der Waals surface area contributed by atoms with Crippen LogP contribution in [0, 0.1) is 0 Å². The molecule has 0 aliphatic rings. The van der Waals surface area contributed by atoms with E-state index >= 15 is 0 Å². The van der Waals surface area contributed by atoms with E-state index in [1.807, 2.05) is 24.3 Å².